The summed E-state index contributed by atoms with van der Waals surface area (Å²) in [5.74, 6) is 0.361. The van der Waals surface area contributed by atoms with Gasteiger partial charge in [-0.1, -0.05) is 12.1 Å². The van der Waals surface area contributed by atoms with Gasteiger partial charge in [0.25, 0.3) is 0 Å². The number of amides is 1. The van der Waals surface area contributed by atoms with Crippen LogP contribution in [0.15, 0.2) is 48.8 Å². The maximum absolute atomic E-state index is 12.6. The average molecular weight is 352 g/mol. The number of halogens is 3. The zero-order chi connectivity index (χ0) is 17.9. The van der Waals surface area contributed by atoms with Crippen LogP contribution in [0.4, 0.5) is 18.0 Å². The normalized spacial score (nSPS) is 17.6. The van der Waals surface area contributed by atoms with E-state index in [1.807, 2.05) is 0 Å². The molecular weight excluding hydrogens is 337 g/mol. The van der Waals surface area contributed by atoms with Crippen molar-refractivity contribution in [3.63, 3.8) is 0 Å². The van der Waals surface area contributed by atoms with Crippen LogP contribution in [-0.4, -0.2) is 35.4 Å². The van der Waals surface area contributed by atoms with Crippen molar-refractivity contribution in [1.82, 2.24) is 9.88 Å². The van der Waals surface area contributed by atoms with Crippen LogP contribution in [0.25, 0.3) is 0 Å². The minimum Gasteiger partial charge on any atom is -0.410 e. The molecule has 1 aromatic heterocycles. The van der Waals surface area contributed by atoms with Gasteiger partial charge in [-0.05, 0) is 36.2 Å². The Hall–Kier alpha value is -2.61. The molecule has 0 bridgehead atoms. The second kappa shape index (κ2) is 7.10. The summed E-state index contributed by atoms with van der Waals surface area (Å²) in [5.41, 5.74) is -0.0157. The maximum Gasteiger partial charge on any atom is 0.417 e. The van der Waals surface area contributed by atoms with E-state index in [0.717, 1.165) is 12.1 Å². The maximum atomic E-state index is 12.6. The van der Waals surface area contributed by atoms with Gasteiger partial charge in [0.1, 0.15) is 12.5 Å². The lowest BCUT2D eigenvalue weighted by atomic mass is 10.0. The molecule has 1 aromatic carbocycles. The van der Waals surface area contributed by atoms with E-state index in [-0.39, 0.29) is 12.8 Å². The molecule has 0 radical (unpaired) electrons. The molecule has 2 aromatic rings. The minimum absolute atomic E-state index is 0.0786. The zero-order valence-corrected chi connectivity index (χ0v) is 13.1. The van der Waals surface area contributed by atoms with Crippen molar-refractivity contribution in [1.29, 1.82) is 0 Å². The molecule has 1 aliphatic heterocycles. The molecule has 2 heterocycles. The summed E-state index contributed by atoms with van der Waals surface area (Å²) in [6, 6.07) is 7.70. The van der Waals surface area contributed by atoms with Gasteiger partial charge in [0.2, 0.25) is 0 Å². The highest BCUT2D eigenvalue weighted by molar-refractivity contribution is 5.71. The van der Waals surface area contributed by atoms with Gasteiger partial charge in [0.05, 0.1) is 18.2 Å². The number of carbonyl (C=O) groups is 1. The lowest BCUT2D eigenvalue weighted by Crippen LogP contribution is -2.39. The van der Waals surface area contributed by atoms with Crippen LogP contribution in [0.5, 0.6) is 5.75 Å². The first-order valence-corrected chi connectivity index (χ1v) is 7.56. The van der Waals surface area contributed by atoms with Crippen molar-refractivity contribution >= 4 is 6.09 Å². The molecule has 25 heavy (non-hydrogen) atoms. The third-order valence-corrected chi connectivity index (χ3v) is 3.82. The number of hydrogen-bond donors (Lipinski definition) is 0. The van der Waals surface area contributed by atoms with Gasteiger partial charge in [0, 0.05) is 12.4 Å². The number of alkyl halides is 3. The van der Waals surface area contributed by atoms with Crippen LogP contribution in [0.2, 0.25) is 0 Å². The van der Waals surface area contributed by atoms with Crippen LogP contribution in [0.3, 0.4) is 0 Å². The van der Waals surface area contributed by atoms with E-state index < -0.39 is 17.8 Å². The van der Waals surface area contributed by atoms with Crippen LogP contribution >= 0.6 is 0 Å². The minimum atomic E-state index is -4.37. The van der Waals surface area contributed by atoms with Crippen LogP contribution in [0, 0.1) is 0 Å². The topological polar surface area (TPSA) is 51.7 Å². The predicted octanol–water partition coefficient (Wildman–Crippen LogP) is 3.50. The Bertz CT molecular complexity index is 720. The average Bonchev–Trinajstić information content (AvgIpc) is 3.04. The molecule has 5 nitrogen and oxygen atoms in total. The van der Waals surface area contributed by atoms with Gasteiger partial charge in [-0.2, -0.15) is 13.2 Å². The molecule has 0 N–H and O–H groups in total. The Morgan fingerprint density at radius 3 is 2.52 bits per heavy atom. The molecular formula is C17H15F3N2O3. The van der Waals surface area contributed by atoms with Crippen LogP contribution < -0.4 is 4.74 Å². The summed E-state index contributed by atoms with van der Waals surface area (Å²) in [4.78, 5) is 17.5. The number of nitrogens with zero attached hydrogens (tertiary/aromatic N) is 2. The van der Waals surface area contributed by atoms with Crippen molar-refractivity contribution < 1.29 is 27.4 Å². The number of ether oxygens (including phenoxy) is 2. The van der Waals surface area contributed by atoms with E-state index in [9.17, 15) is 18.0 Å². The Morgan fingerprint density at radius 1 is 1.20 bits per heavy atom. The Kier molecular flexibility index (Phi) is 4.89. The number of pyridine rings is 1. The van der Waals surface area contributed by atoms with Gasteiger partial charge in [-0.3, -0.25) is 9.88 Å². The van der Waals surface area contributed by atoms with E-state index in [2.05, 4.69) is 4.98 Å². The molecule has 1 aliphatic rings. The number of carbonyl (C=O) groups excluding carboxylic acids is 1. The molecule has 1 amide bonds. The quantitative estimate of drug-likeness (QED) is 0.848. The Morgan fingerprint density at radius 2 is 1.88 bits per heavy atom. The van der Waals surface area contributed by atoms with E-state index >= 15 is 0 Å². The van der Waals surface area contributed by atoms with Gasteiger partial charge < -0.3 is 9.47 Å². The largest absolute Gasteiger partial charge is 0.417 e. The second-order valence-corrected chi connectivity index (χ2v) is 5.57. The first kappa shape index (κ1) is 17.2. The number of hydrogen-bond acceptors (Lipinski definition) is 4. The molecule has 0 saturated carbocycles. The zero-order valence-electron chi connectivity index (χ0n) is 13.1. The van der Waals surface area contributed by atoms with E-state index in [0.29, 0.717) is 24.3 Å². The van der Waals surface area contributed by atoms with E-state index in [4.69, 9.17) is 9.47 Å². The molecule has 1 atom stereocenters. The summed E-state index contributed by atoms with van der Waals surface area (Å²) >= 11 is 0. The molecule has 0 spiro atoms. The van der Waals surface area contributed by atoms with E-state index in [1.54, 1.807) is 12.1 Å². The summed E-state index contributed by atoms with van der Waals surface area (Å²) in [6.45, 7) is 0.377. The SMILES string of the molecule is O=C(Oc1ccncc1)N1COCC1Cc1ccc(C(F)(F)F)cc1. The lowest BCUT2D eigenvalue weighted by Gasteiger charge is -2.22. The molecule has 0 aliphatic carbocycles. The van der Waals surface area contributed by atoms with E-state index in [1.165, 1.54) is 29.4 Å². The fraction of sp³-hybridized carbons (Fsp3) is 0.294. The van der Waals surface area contributed by atoms with Crippen molar-refractivity contribution in [2.24, 2.45) is 0 Å². The third-order valence-electron chi connectivity index (χ3n) is 3.82. The monoisotopic (exact) mass is 352 g/mol. The standard InChI is InChI=1S/C17H15F3N2O3/c18-17(19,20)13-3-1-12(2-4-13)9-14-10-24-11-22(14)16(23)25-15-5-7-21-8-6-15/h1-8,14H,9-11H2. The second-order valence-electron chi connectivity index (χ2n) is 5.57. The van der Waals surface area contributed by atoms with Gasteiger partial charge in [-0.15, -0.1) is 0 Å². The summed E-state index contributed by atoms with van der Waals surface area (Å²) in [5, 5.41) is 0. The molecule has 132 valence electrons. The van der Waals surface area contributed by atoms with Crippen LogP contribution in [-0.2, 0) is 17.3 Å². The van der Waals surface area contributed by atoms with Crippen molar-refractivity contribution in [2.45, 2.75) is 18.6 Å². The highest BCUT2D eigenvalue weighted by Crippen LogP contribution is 2.29. The Balaban J connectivity index is 1.64. The summed E-state index contributed by atoms with van der Waals surface area (Å²) in [7, 11) is 0. The molecule has 1 unspecified atom stereocenters. The highest BCUT2D eigenvalue weighted by atomic mass is 19.4. The first-order valence-electron chi connectivity index (χ1n) is 7.56. The smallest absolute Gasteiger partial charge is 0.410 e. The lowest BCUT2D eigenvalue weighted by molar-refractivity contribution is -0.137. The highest BCUT2D eigenvalue weighted by Gasteiger charge is 2.32. The number of rotatable bonds is 3. The predicted molar refractivity (Wildman–Crippen MR) is 81.9 cm³/mol. The molecule has 1 fully saturated rings. The van der Waals surface area contributed by atoms with Gasteiger partial charge >= 0.3 is 12.3 Å². The van der Waals surface area contributed by atoms with Crippen molar-refractivity contribution in [2.75, 3.05) is 13.3 Å². The summed E-state index contributed by atoms with van der Waals surface area (Å²) in [6.07, 6.45) is -1.55. The van der Waals surface area contributed by atoms with Gasteiger partial charge in [0.15, 0.2) is 0 Å². The molecule has 1 saturated heterocycles. The van der Waals surface area contributed by atoms with Crippen LogP contribution in [0.1, 0.15) is 11.1 Å². The number of aromatic nitrogens is 1. The van der Waals surface area contributed by atoms with Crippen molar-refractivity contribution in [3.05, 3.63) is 59.9 Å². The number of benzene rings is 1. The fourth-order valence-corrected chi connectivity index (χ4v) is 2.52. The molecule has 3 rings (SSSR count). The van der Waals surface area contributed by atoms with Gasteiger partial charge in [-0.25, -0.2) is 4.79 Å². The molecule has 8 heteroatoms. The third kappa shape index (κ3) is 4.27. The van der Waals surface area contributed by atoms with Crippen molar-refractivity contribution in [3.8, 4) is 5.75 Å². The fourth-order valence-electron chi connectivity index (χ4n) is 2.52. The summed E-state index contributed by atoms with van der Waals surface area (Å²) < 4.78 is 48.4. The first-order chi connectivity index (χ1) is 11.9. The Labute approximate surface area is 142 Å².